The largest absolute Gasteiger partial charge is 0.398 e. The van der Waals surface area contributed by atoms with Crippen LogP contribution in [-0.2, 0) is 6.42 Å². The fraction of sp³-hybridized carbons (Fsp3) is 0.647. The molecule has 0 aromatic heterocycles. The summed E-state index contributed by atoms with van der Waals surface area (Å²) in [5.41, 5.74) is 18.1. The minimum Gasteiger partial charge on any atom is -0.398 e. The van der Waals surface area contributed by atoms with E-state index in [1.165, 1.54) is 11.1 Å². The summed E-state index contributed by atoms with van der Waals surface area (Å²) in [7, 11) is 0. The normalized spacial score (nSPS) is 13.3. The molecule has 0 amide bonds. The van der Waals surface area contributed by atoms with Crippen LogP contribution in [-0.4, -0.2) is 0 Å². The van der Waals surface area contributed by atoms with Crippen molar-refractivity contribution in [2.45, 2.75) is 60.3 Å². The summed E-state index contributed by atoms with van der Waals surface area (Å²) in [6.07, 6.45) is 2.15. The van der Waals surface area contributed by atoms with Crippen molar-refractivity contribution in [1.29, 1.82) is 0 Å². The second-order valence-electron chi connectivity index (χ2n) is 6.72. The van der Waals surface area contributed by atoms with E-state index in [0.717, 1.165) is 29.8 Å². The van der Waals surface area contributed by atoms with Crippen molar-refractivity contribution in [1.82, 2.24) is 0 Å². The zero-order valence-electron chi connectivity index (χ0n) is 13.4. The van der Waals surface area contributed by atoms with Crippen molar-refractivity contribution in [3.63, 3.8) is 0 Å². The van der Waals surface area contributed by atoms with E-state index in [1.807, 2.05) is 0 Å². The Labute approximate surface area is 118 Å². The van der Waals surface area contributed by atoms with Gasteiger partial charge >= 0.3 is 0 Å². The third-order valence-electron chi connectivity index (χ3n) is 3.69. The molecule has 0 aliphatic rings. The zero-order chi connectivity index (χ0) is 14.7. The summed E-state index contributed by atoms with van der Waals surface area (Å²) in [6, 6.07) is 2.16. The molecular formula is C17H30N2. The van der Waals surface area contributed by atoms with Gasteiger partial charge in [0.1, 0.15) is 0 Å². The second-order valence-corrected chi connectivity index (χ2v) is 6.72. The van der Waals surface area contributed by atoms with E-state index in [-0.39, 0.29) is 0 Å². The van der Waals surface area contributed by atoms with E-state index in [2.05, 4.69) is 47.6 Å². The van der Waals surface area contributed by atoms with Gasteiger partial charge < -0.3 is 11.5 Å². The molecule has 1 aromatic rings. The van der Waals surface area contributed by atoms with E-state index in [9.17, 15) is 0 Å². The molecule has 2 nitrogen and oxygen atoms in total. The highest BCUT2D eigenvalue weighted by Gasteiger charge is 2.19. The summed E-state index contributed by atoms with van der Waals surface area (Å²) in [5, 5.41) is 0. The molecule has 1 unspecified atom stereocenters. The SMILES string of the molecule is Cc1cc(CC(C)C)c(N)c(C(C)CC(C)C)c1N. The van der Waals surface area contributed by atoms with E-state index in [0.29, 0.717) is 17.8 Å². The monoisotopic (exact) mass is 262 g/mol. The van der Waals surface area contributed by atoms with E-state index < -0.39 is 0 Å². The highest BCUT2D eigenvalue weighted by Crippen LogP contribution is 2.37. The van der Waals surface area contributed by atoms with Crippen LogP contribution in [0.4, 0.5) is 11.4 Å². The average molecular weight is 262 g/mol. The van der Waals surface area contributed by atoms with Crippen LogP contribution in [0.2, 0.25) is 0 Å². The molecule has 0 heterocycles. The Bertz CT molecular complexity index is 433. The van der Waals surface area contributed by atoms with Crippen LogP contribution in [0.25, 0.3) is 0 Å². The third kappa shape index (κ3) is 3.89. The Morgan fingerprint density at radius 1 is 0.947 bits per heavy atom. The first-order valence-corrected chi connectivity index (χ1v) is 7.41. The predicted molar refractivity (Wildman–Crippen MR) is 86.4 cm³/mol. The fourth-order valence-electron chi connectivity index (χ4n) is 2.91. The van der Waals surface area contributed by atoms with Crippen molar-refractivity contribution < 1.29 is 0 Å². The topological polar surface area (TPSA) is 52.0 Å². The maximum atomic E-state index is 6.40. The second kappa shape index (κ2) is 6.31. The van der Waals surface area contributed by atoms with Gasteiger partial charge in [-0.05, 0) is 48.6 Å². The summed E-state index contributed by atoms with van der Waals surface area (Å²) in [4.78, 5) is 0. The molecule has 0 aliphatic heterocycles. The summed E-state index contributed by atoms with van der Waals surface area (Å²) in [5.74, 6) is 1.69. The number of nitrogen functional groups attached to an aromatic ring is 2. The average Bonchev–Trinajstić information content (AvgIpc) is 2.24. The number of aryl methyl sites for hydroxylation is 1. The molecule has 0 bridgehead atoms. The van der Waals surface area contributed by atoms with Crippen LogP contribution in [0.15, 0.2) is 6.07 Å². The highest BCUT2D eigenvalue weighted by molar-refractivity contribution is 5.70. The minimum atomic E-state index is 0.422. The first kappa shape index (κ1) is 15.9. The Morgan fingerprint density at radius 2 is 1.53 bits per heavy atom. The number of hydrogen-bond donors (Lipinski definition) is 2. The molecule has 1 atom stereocenters. The standard InChI is InChI=1S/C17H30N2/c1-10(2)7-12(5)15-16(18)13(6)9-14(17(15)19)8-11(3)4/h9-12H,7-8,18-19H2,1-6H3. The first-order chi connectivity index (χ1) is 8.73. The molecule has 19 heavy (non-hydrogen) atoms. The van der Waals surface area contributed by atoms with Gasteiger partial charge in [-0.1, -0.05) is 40.7 Å². The summed E-state index contributed by atoms with van der Waals surface area (Å²) >= 11 is 0. The van der Waals surface area contributed by atoms with Gasteiger partial charge in [0.2, 0.25) is 0 Å². The van der Waals surface area contributed by atoms with Crippen molar-refractivity contribution in [2.24, 2.45) is 11.8 Å². The van der Waals surface area contributed by atoms with Crippen LogP contribution in [0, 0.1) is 18.8 Å². The number of rotatable bonds is 5. The molecule has 2 heteroatoms. The summed E-state index contributed by atoms with van der Waals surface area (Å²) in [6.45, 7) is 13.3. The maximum absolute atomic E-state index is 6.40. The molecule has 0 fully saturated rings. The predicted octanol–water partition coefficient (Wildman–Crippen LogP) is 4.51. The lowest BCUT2D eigenvalue weighted by molar-refractivity contribution is 0.524. The molecule has 4 N–H and O–H groups in total. The molecule has 108 valence electrons. The van der Waals surface area contributed by atoms with Crippen LogP contribution in [0.5, 0.6) is 0 Å². The van der Waals surface area contributed by atoms with Gasteiger partial charge in [0, 0.05) is 16.9 Å². The summed E-state index contributed by atoms with van der Waals surface area (Å²) < 4.78 is 0. The molecule has 0 spiro atoms. The van der Waals surface area contributed by atoms with E-state index in [1.54, 1.807) is 0 Å². The Kier molecular flexibility index (Phi) is 5.28. The molecule has 0 aliphatic carbocycles. The Morgan fingerprint density at radius 3 is 2.00 bits per heavy atom. The zero-order valence-corrected chi connectivity index (χ0v) is 13.4. The lowest BCUT2D eigenvalue weighted by Crippen LogP contribution is -2.11. The van der Waals surface area contributed by atoms with Crippen molar-refractivity contribution >= 4 is 11.4 Å². The molecule has 1 aromatic carbocycles. The van der Waals surface area contributed by atoms with Crippen molar-refractivity contribution in [3.8, 4) is 0 Å². The third-order valence-corrected chi connectivity index (χ3v) is 3.69. The molecule has 0 saturated heterocycles. The van der Waals surface area contributed by atoms with Crippen LogP contribution in [0.3, 0.4) is 0 Å². The lowest BCUT2D eigenvalue weighted by Gasteiger charge is -2.23. The van der Waals surface area contributed by atoms with E-state index >= 15 is 0 Å². The van der Waals surface area contributed by atoms with Crippen molar-refractivity contribution in [2.75, 3.05) is 11.5 Å². The fourth-order valence-corrected chi connectivity index (χ4v) is 2.91. The Hall–Kier alpha value is -1.18. The first-order valence-electron chi connectivity index (χ1n) is 7.41. The molecule has 1 rings (SSSR count). The van der Waals surface area contributed by atoms with E-state index in [4.69, 9.17) is 11.5 Å². The lowest BCUT2D eigenvalue weighted by atomic mass is 9.85. The highest BCUT2D eigenvalue weighted by atomic mass is 14.6. The molecule has 0 radical (unpaired) electrons. The van der Waals surface area contributed by atoms with Crippen LogP contribution in [0.1, 0.15) is 63.6 Å². The molecule has 0 saturated carbocycles. The Balaban J connectivity index is 3.24. The van der Waals surface area contributed by atoms with Gasteiger partial charge in [0.15, 0.2) is 0 Å². The minimum absolute atomic E-state index is 0.422. The van der Waals surface area contributed by atoms with Gasteiger partial charge in [-0.3, -0.25) is 0 Å². The number of benzene rings is 1. The number of anilines is 2. The van der Waals surface area contributed by atoms with Crippen LogP contribution >= 0.6 is 0 Å². The van der Waals surface area contributed by atoms with Crippen LogP contribution < -0.4 is 11.5 Å². The van der Waals surface area contributed by atoms with Gasteiger partial charge in [-0.15, -0.1) is 0 Å². The molecular weight excluding hydrogens is 232 g/mol. The van der Waals surface area contributed by atoms with Gasteiger partial charge in [-0.25, -0.2) is 0 Å². The number of nitrogens with two attached hydrogens (primary N) is 2. The van der Waals surface area contributed by atoms with Crippen molar-refractivity contribution in [3.05, 3.63) is 22.8 Å². The quantitative estimate of drug-likeness (QED) is 0.767. The van der Waals surface area contributed by atoms with Gasteiger partial charge in [0.25, 0.3) is 0 Å². The number of hydrogen-bond acceptors (Lipinski definition) is 2. The maximum Gasteiger partial charge on any atom is 0.0402 e. The smallest absolute Gasteiger partial charge is 0.0402 e. The van der Waals surface area contributed by atoms with Gasteiger partial charge in [0.05, 0.1) is 0 Å². The van der Waals surface area contributed by atoms with Gasteiger partial charge in [-0.2, -0.15) is 0 Å².